The van der Waals surface area contributed by atoms with Crippen molar-refractivity contribution in [3.05, 3.63) is 58.7 Å². The van der Waals surface area contributed by atoms with E-state index in [2.05, 4.69) is 15.3 Å². The van der Waals surface area contributed by atoms with E-state index in [-0.39, 0.29) is 21.8 Å². The maximum Gasteiger partial charge on any atom is 0.166 e. The number of benzene rings is 2. The van der Waals surface area contributed by atoms with Gasteiger partial charge in [-0.05, 0) is 24.3 Å². The fourth-order valence-corrected chi connectivity index (χ4v) is 3.80. The van der Waals surface area contributed by atoms with Crippen molar-refractivity contribution >= 4 is 51.9 Å². The molecular formula is C22H19Cl2FN4O3. The fourth-order valence-electron chi connectivity index (χ4n) is 3.49. The first-order valence-corrected chi connectivity index (χ1v) is 10.5. The number of aldehydes is 1. The lowest BCUT2D eigenvalue weighted by Gasteiger charge is -2.18. The first-order valence-electron chi connectivity index (χ1n) is 9.76. The van der Waals surface area contributed by atoms with E-state index in [1.165, 1.54) is 24.5 Å². The summed E-state index contributed by atoms with van der Waals surface area (Å²) in [5.74, 6) is 0.732. The van der Waals surface area contributed by atoms with Crippen molar-refractivity contribution in [2.24, 2.45) is 0 Å². The van der Waals surface area contributed by atoms with Crippen molar-refractivity contribution in [2.75, 3.05) is 25.5 Å². The van der Waals surface area contributed by atoms with Crippen molar-refractivity contribution in [2.45, 2.75) is 12.5 Å². The lowest BCUT2D eigenvalue weighted by Crippen LogP contribution is -2.21. The zero-order chi connectivity index (χ0) is 22.7. The van der Waals surface area contributed by atoms with Crippen LogP contribution in [0.15, 0.2) is 42.9 Å². The Balaban J connectivity index is 1.66. The van der Waals surface area contributed by atoms with Crippen LogP contribution in [-0.4, -0.2) is 47.5 Å². The smallest absolute Gasteiger partial charge is 0.166 e. The van der Waals surface area contributed by atoms with Gasteiger partial charge in [0.2, 0.25) is 0 Å². The molecule has 32 heavy (non-hydrogen) atoms. The third kappa shape index (κ3) is 4.56. The largest absolute Gasteiger partial charge is 0.493 e. The van der Waals surface area contributed by atoms with E-state index in [0.29, 0.717) is 34.8 Å². The summed E-state index contributed by atoms with van der Waals surface area (Å²) in [6, 6.07) is 6.48. The summed E-state index contributed by atoms with van der Waals surface area (Å²) in [6.45, 7) is 1.41. The van der Waals surface area contributed by atoms with E-state index in [0.717, 1.165) is 19.3 Å². The van der Waals surface area contributed by atoms with Crippen LogP contribution in [0.5, 0.6) is 11.5 Å². The quantitative estimate of drug-likeness (QED) is 0.292. The molecule has 0 aliphatic carbocycles. The number of carbonyl (C=O) groups excluding carboxylic acids is 1. The van der Waals surface area contributed by atoms with Crippen molar-refractivity contribution in [3.8, 4) is 11.5 Å². The summed E-state index contributed by atoms with van der Waals surface area (Å²) in [6.07, 6.45) is 6.01. The predicted octanol–water partition coefficient (Wildman–Crippen LogP) is 4.99. The molecule has 2 heterocycles. The highest BCUT2D eigenvalue weighted by molar-refractivity contribution is 6.42. The molecule has 1 N–H and O–H groups in total. The van der Waals surface area contributed by atoms with Gasteiger partial charge in [0.1, 0.15) is 24.5 Å². The van der Waals surface area contributed by atoms with Crippen LogP contribution >= 0.6 is 23.2 Å². The summed E-state index contributed by atoms with van der Waals surface area (Å²) < 4.78 is 26.2. The topological polar surface area (TPSA) is 76.6 Å². The van der Waals surface area contributed by atoms with Gasteiger partial charge in [-0.1, -0.05) is 23.2 Å². The summed E-state index contributed by atoms with van der Waals surface area (Å²) in [7, 11) is 1.55. The number of halogens is 3. The van der Waals surface area contributed by atoms with Gasteiger partial charge in [-0.3, -0.25) is 4.79 Å². The Morgan fingerprint density at radius 2 is 2.09 bits per heavy atom. The van der Waals surface area contributed by atoms with Gasteiger partial charge in [-0.2, -0.15) is 0 Å². The number of fused-ring (bicyclic) bond motifs is 1. The van der Waals surface area contributed by atoms with Crippen molar-refractivity contribution in [3.63, 3.8) is 0 Å². The lowest BCUT2D eigenvalue weighted by molar-refractivity contribution is -0.104. The zero-order valence-corrected chi connectivity index (χ0v) is 18.5. The van der Waals surface area contributed by atoms with Crippen LogP contribution in [0.3, 0.4) is 0 Å². The highest BCUT2D eigenvalue weighted by Crippen LogP contribution is 2.37. The Morgan fingerprint density at radius 3 is 2.88 bits per heavy atom. The Bertz CT molecular complexity index is 1190. The van der Waals surface area contributed by atoms with Crippen molar-refractivity contribution in [1.82, 2.24) is 14.9 Å². The van der Waals surface area contributed by atoms with E-state index in [9.17, 15) is 9.18 Å². The number of nitrogens with zero attached hydrogens (tertiary/aromatic N) is 3. The molecular weight excluding hydrogens is 458 g/mol. The van der Waals surface area contributed by atoms with E-state index in [1.807, 2.05) is 4.90 Å². The van der Waals surface area contributed by atoms with Gasteiger partial charge in [0.25, 0.3) is 0 Å². The third-order valence-corrected chi connectivity index (χ3v) is 5.84. The van der Waals surface area contributed by atoms with E-state index in [4.69, 9.17) is 32.7 Å². The van der Waals surface area contributed by atoms with Crippen LogP contribution in [0.2, 0.25) is 10.0 Å². The molecule has 1 atom stereocenters. The molecule has 1 saturated heterocycles. The molecule has 1 aliphatic heterocycles. The number of methoxy groups -OCH3 is 1. The van der Waals surface area contributed by atoms with E-state index < -0.39 is 5.82 Å². The van der Waals surface area contributed by atoms with Gasteiger partial charge in [-0.25, -0.2) is 14.4 Å². The summed E-state index contributed by atoms with van der Waals surface area (Å²) in [4.78, 5) is 21.1. The number of aromatic nitrogens is 2. The molecule has 1 aromatic heterocycles. The number of nitrogens with one attached hydrogen (secondary N) is 1. The molecule has 1 aliphatic rings. The maximum atomic E-state index is 14.5. The highest BCUT2D eigenvalue weighted by atomic mass is 35.5. The Hall–Kier alpha value is -3.10. The first kappa shape index (κ1) is 22.1. The van der Waals surface area contributed by atoms with Crippen LogP contribution in [0.4, 0.5) is 15.9 Å². The standard InChI is InChI=1S/C22H19Cl2FN4O3/c1-31-18-10-17-14(9-19(18)32-13-5-7-29(11-13)6-2-8-30)22(27-12-26-17)28-16-4-3-15(23)20(24)21(16)25/h2-4,6,8-10,12-13H,5,7,11H2,1H3,(H,26,27,28)/t13-/m0/s1. The SMILES string of the molecule is COc1cc2ncnc(Nc3ccc(Cl)c(Cl)c3F)c2cc1O[C@H]1CCN(C=CC=O)C1. The van der Waals surface area contributed by atoms with Gasteiger partial charge in [-0.15, -0.1) is 0 Å². The number of hydrogen-bond acceptors (Lipinski definition) is 7. The summed E-state index contributed by atoms with van der Waals surface area (Å²) in [5, 5.41) is 3.52. The van der Waals surface area contributed by atoms with Gasteiger partial charge in [0.05, 0.1) is 34.9 Å². The maximum absolute atomic E-state index is 14.5. The number of allylic oxidation sites excluding steroid dienone is 1. The van der Waals surface area contributed by atoms with E-state index in [1.54, 1.807) is 25.4 Å². The zero-order valence-electron chi connectivity index (χ0n) is 17.0. The number of likely N-dealkylation sites (tertiary alicyclic amines) is 1. The Labute approximate surface area is 193 Å². The Kier molecular flexibility index (Phi) is 6.62. The van der Waals surface area contributed by atoms with Crippen LogP contribution in [0.25, 0.3) is 10.9 Å². The molecule has 1 fully saturated rings. The number of rotatable bonds is 7. The number of anilines is 2. The minimum atomic E-state index is -0.676. The molecule has 166 valence electrons. The summed E-state index contributed by atoms with van der Waals surface area (Å²) in [5.41, 5.74) is 0.722. The monoisotopic (exact) mass is 476 g/mol. The third-order valence-electron chi connectivity index (χ3n) is 5.05. The second-order valence-electron chi connectivity index (χ2n) is 7.09. The molecule has 0 radical (unpaired) electrons. The second-order valence-corrected chi connectivity index (χ2v) is 7.88. The lowest BCUT2D eigenvalue weighted by atomic mass is 10.2. The molecule has 0 saturated carbocycles. The van der Waals surface area contributed by atoms with Crippen molar-refractivity contribution in [1.29, 1.82) is 0 Å². The molecule has 3 aromatic rings. The highest BCUT2D eigenvalue weighted by Gasteiger charge is 2.24. The van der Waals surface area contributed by atoms with Crippen LogP contribution in [0.1, 0.15) is 6.42 Å². The van der Waals surface area contributed by atoms with Gasteiger partial charge < -0.3 is 19.7 Å². The van der Waals surface area contributed by atoms with Crippen molar-refractivity contribution < 1.29 is 18.7 Å². The van der Waals surface area contributed by atoms with Gasteiger partial charge in [0, 0.05) is 30.6 Å². The normalized spacial score (nSPS) is 16.0. The van der Waals surface area contributed by atoms with Gasteiger partial charge >= 0.3 is 0 Å². The number of carbonyl (C=O) groups is 1. The fraction of sp³-hybridized carbons (Fsp3) is 0.227. The molecule has 4 rings (SSSR count). The molecule has 0 spiro atoms. The molecule has 2 aromatic carbocycles. The first-order chi connectivity index (χ1) is 15.5. The number of ether oxygens (including phenoxy) is 2. The predicted molar refractivity (Wildman–Crippen MR) is 122 cm³/mol. The number of hydrogen-bond donors (Lipinski definition) is 1. The van der Waals surface area contributed by atoms with Crippen LogP contribution in [-0.2, 0) is 4.79 Å². The average Bonchev–Trinajstić information content (AvgIpc) is 3.25. The Morgan fingerprint density at radius 1 is 1.25 bits per heavy atom. The second kappa shape index (κ2) is 9.58. The molecule has 7 nitrogen and oxygen atoms in total. The summed E-state index contributed by atoms with van der Waals surface area (Å²) >= 11 is 11.8. The van der Waals surface area contributed by atoms with Crippen LogP contribution in [0, 0.1) is 5.82 Å². The molecule has 10 heteroatoms. The minimum Gasteiger partial charge on any atom is -0.493 e. The molecule has 0 amide bonds. The minimum absolute atomic E-state index is 0.0915. The van der Waals surface area contributed by atoms with E-state index >= 15 is 0 Å². The van der Waals surface area contributed by atoms with Crippen LogP contribution < -0.4 is 14.8 Å². The average molecular weight is 477 g/mol. The molecule has 0 bridgehead atoms. The molecule has 0 unspecified atom stereocenters. The van der Waals surface area contributed by atoms with Gasteiger partial charge in [0.15, 0.2) is 17.3 Å².